The zero-order valence-corrected chi connectivity index (χ0v) is 10.1. The van der Waals surface area contributed by atoms with E-state index in [9.17, 15) is 4.79 Å². The molecule has 0 radical (unpaired) electrons. The van der Waals surface area contributed by atoms with Crippen molar-refractivity contribution in [2.45, 2.75) is 6.92 Å². The maximum absolute atomic E-state index is 11.9. The van der Waals surface area contributed by atoms with Crippen LogP contribution in [0.25, 0.3) is 16.4 Å². The molecule has 0 saturated carbocycles. The zero-order chi connectivity index (χ0) is 11.1. The molecule has 0 N–H and O–H groups in total. The minimum atomic E-state index is -0.186. The van der Waals surface area contributed by atoms with Crippen molar-refractivity contribution in [3.05, 3.63) is 58.6 Å². The Morgan fingerprint density at radius 1 is 1.12 bits per heavy atom. The van der Waals surface area contributed by atoms with E-state index in [1.54, 1.807) is 6.07 Å². The van der Waals surface area contributed by atoms with E-state index in [4.69, 9.17) is 0 Å². The molecule has 0 atom stereocenters. The molecule has 2 heterocycles. The van der Waals surface area contributed by atoms with Gasteiger partial charge in [0, 0.05) is 17.3 Å². The highest BCUT2D eigenvalue weighted by molar-refractivity contribution is 5.85. The lowest BCUT2D eigenvalue weighted by Crippen LogP contribution is -2.03. The monoisotopic (exact) mass is 246 g/mol. The Kier molecular flexibility index (Phi) is 2.86. The average Bonchev–Trinajstić information content (AvgIpc) is 2.74. The van der Waals surface area contributed by atoms with E-state index in [0.29, 0.717) is 5.52 Å². The molecule has 0 amide bonds. The summed E-state index contributed by atoms with van der Waals surface area (Å²) in [6.45, 7) is 2.00. The Morgan fingerprint density at radius 3 is 2.71 bits per heavy atom. The van der Waals surface area contributed by atoms with Gasteiger partial charge >= 0.3 is 0 Å². The van der Waals surface area contributed by atoms with Gasteiger partial charge in [-0.1, -0.05) is 18.2 Å². The Morgan fingerprint density at radius 2 is 1.88 bits per heavy atom. The summed E-state index contributed by atoms with van der Waals surface area (Å²) in [7, 11) is 0. The Bertz CT molecular complexity index is 749. The van der Waals surface area contributed by atoms with Gasteiger partial charge in [-0.05, 0) is 25.1 Å². The van der Waals surface area contributed by atoms with E-state index < -0.39 is 0 Å². The summed E-state index contributed by atoms with van der Waals surface area (Å²) < 4.78 is 1.89. The fraction of sp³-hybridized carbons (Fsp3) is 0.0769. The van der Waals surface area contributed by atoms with Gasteiger partial charge in [0.15, 0.2) is 0 Å². The highest BCUT2D eigenvalue weighted by Crippen LogP contribution is 2.14. The summed E-state index contributed by atoms with van der Waals surface area (Å²) in [6, 6.07) is 11.3. The van der Waals surface area contributed by atoms with E-state index in [1.165, 1.54) is 0 Å². The molecular weight excluding hydrogens is 236 g/mol. The van der Waals surface area contributed by atoms with Crippen molar-refractivity contribution in [2.24, 2.45) is 0 Å². The van der Waals surface area contributed by atoms with Crippen LogP contribution in [0.15, 0.2) is 47.4 Å². The van der Waals surface area contributed by atoms with Crippen LogP contribution in [0.4, 0.5) is 0 Å². The van der Waals surface area contributed by atoms with Gasteiger partial charge in [-0.2, -0.15) is 0 Å². The predicted octanol–water partition coefficient (Wildman–Crippen LogP) is 2.58. The van der Waals surface area contributed by atoms with E-state index in [-0.39, 0.29) is 18.0 Å². The molecule has 0 aliphatic heterocycles. The zero-order valence-electron chi connectivity index (χ0n) is 9.25. The second kappa shape index (κ2) is 4.18. The standard InChI is InChI=1S/C13H10N2O.ClH/c1-9-10-5-2-3-6-11(10)14-13(16)12-7-4-8-15(9)12;/h2-8H,1H3;1H. The summed E-state index contributed by atoms with van der Waals surface area (Å²) >= 11 is 0. The van der Waals surface area contributed by atoms with Crippen molar-refractivity contribution < 1.29 is 0 Å². The maximum atomic E-state index is 11.9. The number of nitrogens with zero attached hydrogens (tertiary/aromatic N) is 2. The van der Waals surface area contributed by atoms with Crippen LogP contribution >= 0.6 is 12.4 Å². The van der Waals surface area contributed by atoms with Crippen LogP contribution in [-0.2, 0) is 0 Å². The normalized spacial score (nSPS) is 10.4. The topological polar surface area (TPSA) is 34.4 Å². The Hall–Kier alpha value is -1.87. The third-order valence-electron chi connectivity index (χ3n) is 2.85. The van der Waals surface area contributed by atoms with Gasteiger partial charge in [-0.15, -0.1) is 12.4 Å². The van der Waals surface area contributed by atoms with Crippen molar-refractivity contribution in [3.8, 4) is 0 Å². The highest BCUT2D eigenvalue weighted by atomic mass is 35.5. The van der Waals surface area contributed by atoms with Crippen molar-refractivity contribution in [3.63, 3.8) is 0 Å². The van der Waals surface area contributed by atoms with Gasteiger partial charge < -0.3 is 4.40 Å². The molecule has 3 rings (SSSR count). The second-order valence-corrected chi connectivity index (χ2v) is 3.78. The van der Waals surface area contributed by atoms with E-state index in [2.05, 4.69) is 4.98 Å². The van der Waals surface area contributed by atoms with Gasteiger partial charge in [0.05, 0.1) is 5.52 Å². The molecule has 0 spiro atoms. The van der Waals surface area contributed by atoms with Gasteiger partial charge in [-0.3, -0.25) is 4.79 Å². The number of aromatic nitrogens is 2. The number of benzene rings is 1. The first-order valence-electron chi connectivity index (χ1n) is 5.14. The molecule has 0 saturated heterocycles. The molecule has 0 bridgehead atoms. The number of hydrogen-bond acceptors (Lipinski definition) is 2. The first-order valence-corrected chi connectivity index (χ1v) is 5.14. The minimum Gasteiger partial charge on any atom is -0.316 e. The third kappa shape index (κ3) is 1.68. The fourth-order valence-electron chi connectivity index (χ4n) is 2.02. The summed E-state index contributed by atoms with van der Waals surface area (Å²) in [5.74, 6) is 0. The average molecular weight is 247 g/mol. The number of rotatable bonds is 0. The molecular formula is C13H11ClN2O. The molecule has 3 nitrogen and oxygen atoms in total. The predicted molar refractivity (Wildman–Crippen MR) is 71.0 cm³/mol. The molecule has 1 aromatic carbocycles. The molecule has 0 aliphatic rings. The summed E-state index contributed by atoms with van der Waals surface area (Å²) in [5.41, 5.74) is 2.21. The molecule has 0 aliphatic carbocycles. The molecule has 2 aromatic heterocycles. The lowest BCUT2D eigenvalue weighted by Gasteiger charge is -1.97. The third-order valence-corrected chi connectivity index (χ3v) is 2.85. The van der Waals surface area contributed by atoms with E-state index in [1.807, 2.05) is 47.9 Å². The smallest absolute Gasteiger partial charge is 0.294 e. The number of aryl methyl sites for hydroxylation is 1. The maximum Gasteiger partial charge on any atom is 0.294 e. The SMILES string of the molecule is Cc1c2ccccc2nc(=O)c2cccn12.Cl. The second-order valence-electron chi connectivity index (χ2n) is 3.78. The minimum absolute atomic E-state index is 0. The lowest BCUT2D eigenvalue weighted by molar-refractivity contribution is 1.12. The summed E-state index contributed by atoms with van der Waals surface area (Å²) in [4.78, 5) is 16.0. The summed E-state index contributed by atoms with van der Waals surface area (Å²) in [5, 5.41) is 1.01. The number of halogens is 1. The number of fused-ring (bicyclic) bond motifs is 2. The van der Waals surface area contributed by atoms with Crippen LogP contribution in [0.5, 0.6) is 0 Å². The first-order chi connectivity index (χ1) is 7.77. The van der Waals surface area contributed by atoms with Crippen LogP contribution < -0.4 is 5.56 Å². The fourth-order valence-corrected chi connectivity index (χ4v) is 2.02. The lowest BCUT2D eigenvalue weighted by atomic mass is 10.2. The van der Waals surface area contributed by atoms with E-state index in [0.717, 1.165) is 16.6 Å². The van der Waals surface area contributed by atoms with Gasteiger partial charge in [0.25, 0.3) is 5.56 Å². The molecule has 0 fully saturated rings. The van der Waals surface area contributed by atoms with Gasteiger partial charge in [0.1, 0.15) is 5.52 Å². The quantitative estimate of drug-likeness (QED) is 0.611. The van der Waals surface area contributed by atoms with Crippen molar-refractivity contribution in [2.75, 3.05) is 0 Å². The van der Waals surface area contributed by atoms with Crippen molar-refractivity contribution >= 4 is 28.8 Å². The van der Waals surface area contributed by atoms with Crippen LogP contribution in [0.3, 0.4) is 0 Å². The van der Waals surface area contributed by atoms with Crippen molar-refractivity contribution in [1.29, 1.82) is 0 Å². The van der Waals surface area contributed by atoms with Crippen LogP contribution in [-0.4, -0.2) is 9.38 Å². The van der Waals surface area contributed by atoms with Crippen LogP contribution in [0.2, 0.25) is 0 Å². The van der Waals surface area contributed by atoms with Crippen molar-refractivity contribution in [1.82, 2.24) is 9.38 Å². The first kappa shape index (κ1) is 11.6. The van der Waals surface area contributed by atoms with E-state index >= 15 is 0 Å². The van der Waals surface area contributed by atoms with Crippen LogP contribution in [0, 0.1) is 6.92 Å². The molecule has 17 heavy (non-hydrogen) atoms. The summed E-state index contributed by atoms with van der Waals surface area (Å²) in [6.07, 6.45) is 1.89. The largest absolute Gasteiger partial charge is 0.316 e. The highest BCUT2D eigenvalue weighted by Gasteiger charge is 2.04. The molecule has 86 valence electrons. The molecule has 0 unspecified atom stereocenters. The van der Waals surface area contributed by atoms with Crippen LogP contribution in [0.1, 0.15) is 5.69 Å². The van der Waals surface area contributed by atoms with Gasteiger partial charge in [-0.25, -0.2) is 4.98 Å². The molecule has 4 heteroatoms. The number of hydrogen-bond donors (Lipinski definition) is 0. The number of para-hydroxylation sites is 1. The van der Waals surface area contributed by atoms with Gasteiger partial charge in [0.2, 0.25) is 0 Å². The molecule has 3 aromatic rings. The Labute approximate surface area is 104 Å². The Balaban J connectivity index is 0.00000108.